The minimum atomic E-state index is -0.566. The van der Waals surface area contributed by atoms with E-state index >= 15 is 0 Å². The number of ether oxygens (including phenoxy) is 3. The Balaban J connectivity index is 0.962. The van der Waals surface area contributed by atoms with Gasteiger partial charge in [0.15, 0.2) is 11.5 Å². The number of nitrogens with one attached hydrogen (secondary N) is 1. The number of aliphatic hydroxyl groups excluding tert-OH is 1. The lowest BCUT2D eigenvalue weighted by Gasteiger charge is -2.39. The van der Waals surface area contributed by atoms with E-state index in [0.29, 0.717) is 57.0 Å². The number of hydrogen-bond acceptors (Lipinski definition) is 8. The number of aromatic nitrogens is 1. The minimum Gasteiger partial charge on any atom is -0.508 e. The molecule has 9 nitrogen and oxygen atoms in total. The average molecular weight is 874 g/mol. The van der Waals surface area contributed by atoms with Gasteiger partial charge in [0.1, 0.15) is 18.2 Å². The van der Waals surface area contributed by atoms with Crippen molar-refractivity contribution in [2.75, 3.05) is 19.8 Å². The highest BCUT2D eigenvalue weighted by Crippen LogP contribution is 2.44. The smallest absolute Gasteiger partial charge is 0.161 e. The Morgan fingerprint density at radius 1 is 0.769 bits per heavy atom. The van der Waals surface area contributed by atoms with Gasteiger partial charge in [0, 0.05) is 53.8 Å². The van der Waals surface area contributed by atoms with Crippen LogP contribution < -0.4 is 15.8 Å². The second-order valence-electron chi connectivity index (χ2n) is 18.3. The van der Waals surface area contributed by atoms with Gasteiger partial charge >= 0.3 is 0 Å². The van der Waals surface area contributed by atoms with Crippen LogP contribution in [0.4, 0.5) is 0 Å². The van der Waals surface area contributed by atoms with Crippen LogP contribution in [0.25, 0.3) is 16.6 Å². The van der Waals surface area contributed by atoms with Crippen LogP contribution in [-0.2, 0) is 40.8 Å². The lowest BCUT2D eigenvalue weighted by molar-refractivity contribution is 0.0171. The van der Waals surface area contributed by atoms with Crippen molar-refractivity contribution >= 4 is 16.6 Å². The van der Waals surface area contributed by atoms with E-state index in [0.717, 1.165) is 90.2 Å². The normalized spacial score (nSPS) is 20.1. The fourth-order valence-corrected chi connectivity index (χ4v) is 10.1. The molecule has 1 fully saturated rings. The number of fused-ring (bicyclic) bond motifs is 4. The van der Waals surface area contributed by atoms with Crippen LogP contribution in [0, 0.1) is 0 Å². The largest absolute Gasteiger partial charge is 0.508 e. The van der Waals surface area contributed by atoms with E-state index in [1.165, 1.54) is 22.3 Å². The molecule has 0 amide bonds. The molecule has 6 aromatic rings. The highest BCUT2D eigenvalue weighted by Gasteiger charge is 2.37. The molecule has 3 aliphatic rings. The number of aromatic hydroxyl groups is 2. The number of hydrogen-bond donors (Lipinski definition) is 5. The zero-order chi connectivity index (χ0) is 44.6. The van der Waals surface area contributed by atoms with Crippen molar-refractivity contribution in [1.29, 1.82) is 0 Å². The predicted molar refractivity (Wildman–Crippen MR) is 258 cm³/mol. The summed E-state index contributed by atoms with van der Waals surface area (Å²) >= 11 is 0. The van der Waals surface area contributed by atoms with Crippen molar-refractivity contribution in [3.63, 3.8) is 0 Å². The number of phenols is 2. The summed E-state index contributed by atoms with van der Waals surface area (Å²) in [4.78, 5) is 0. The van der Waals surface area contributed by atoms with Gasteiger partial charge in [-0.3, -0.25) is 0 Å². The van der Waals surface area contributed by atoms with Gasteiger partial charge in [-0.2, -0.15) is 0 Å². The summed E-state index contributed by atoms with van der Waals surface area (Å²) in [5.41, 5.74) is 15.2. The van der Waals surface area contributed by atoms with Gasteiger partial charge in [0.05, 0.1) is 25.0 Å². The summed E-state index contributed by atoms with van der Waals surface area (Å²) in [6.45, 7) is 1.98. The molecule has 9 heteroatoms. The van der Waals surface area contributed by atoms with E-state index in [1.807, 2.05) is 48.5 Å². The van der Waals surface area contributed by atoms with Crippen molar-refractivity contribution in [3.05, 3.63) is 178 Å². The number of aliphatic hydroxyl groups is 1. The molecular formula is C56H63N3O6. The van der Waals surface area contributed by atoms with Gasteiger partial charge in [-0.25, -0.2) is 0 Å². The Bertz CT molecular complexity index is 2600. The second-order valence-corrected chi connectivity index (χ2v) is 18.3. The molecule has 4 bridgehead atoms. The van der Waals surface area contributed by atoms with Crippen molar-refractivity contribution in [1.82, 2.24) is 9.88 Å². The molecule has 3 aliphatic heterocycles. The Labute approximate surface area is 383 Å². The first-order chi connectivity index (χ1) is 31.8. The molecule has 6 N–H and O–H groups in total. The lowest BCUT2D eigenvalue weighted by Crippen LogP contribution is -2.38. The third-order valence-corrected chi connectivity index (χ3v) is 13.7. The number of nitrogens with two attached hydrogens (primary N) is 1. The van der Waals surface area contributed by atoms with Crippen molar-refractivity contribution in [2.24, 2.45) is 5.73 Å². The monoisotopic (exact) mass is 873 g/mol. The standard InChI is InChI=1S/C56H63N3O6/c57-54-24-20-42-37-64-49(16-10-2-1-5-13-40-18-22-51(61)43(30-40)29-39-11-6-3-7-12-39)34-48(60)21-17-41-19-23-52(62)53(31-41)65-38-45-33-47(32-44-35-59(36-50(44)45)55(42)58-54)56(25-27-63-28-26-56)46-14-8-4-9-15-46/h3-4,6-9,11-12,14-15,18-20,22-24,30-33,35-36,48-49,54,58,60-62H,1-2,5,10,13,16-17,21,25-29,34,37-38,57H2/t48-,49+,54?/m1/s1. The molecule has 65 heavy (non-hydrogen) atoms. The summed E-state index contributed by atoms with van der Waals surface area (Å²) in [6.07, 6.45) is 17.4. The summed E-state index contributed by atoms with van der Waals surface area (Å²) < 4.78 is 21.4. The van der Waals surface area contributed by atoms with Crippen LogP contribution in [-0.4, -0.2) is 58.1 Å². The Morgan fingerprint density at radius 2 is 1.55 bits per heavy atom. The van der Waals surface area contributed by atoms with Crippen LogP contribution in [0.15, 0.2) is 139 Å². The maximum absolute atomic E-state index is 11.5. The fraction of sp³-hybridized carbons (Fsp3) is 0.357. The van der Waals surface area contributed by atoms with Crippen molar-refractivity contribution in [2.45, 2.75) is 107 Å². The zero-order valence-electron chi connectivity index (χ0n) is 37.3. The van der Waals surface area contributed by atoms with Gasteiger partial charge in [-0.1, -0.05) is 110 Å². The molecule has 0 radical (unpaired) electrons. The topological polar surface area (TPSA) is 131 Å². The van der Waals surface area contributed by atoms with Gasteiger partial charge < -0.3 is 45.1 Å². The molecule has 0 saturated carbocycles. The predicted octanol–water partition coefficient (Wildman–Crippen LogP) is 10.2. The minimum absolute atomic E-state index is 0.0881. The van der Waals surface area contributed by atoms with E-state index in [9.17, 15) is 15.3 Å². The first-order valence-electron chi connectivity index (χ1n) is 23.6. The average Bonchev–Trinajstić information content (AvgIpc) is 3.77. The molecule has 1 unspecified atom stereocenters. The summed E-state index contributed by atoms with van der Waals surface area (Å²) in [5.74, 6) is 1.72. The number of nitrogens with zero attached hydrogens (tertiary/aromatic N) is 1. The SMILES string of the molecule is NC1C=CC2=C(N1)n1cc3cc(C4(c5ccccc5)CCOCC4)cc(c3c1)COc1cc(ccc1O)CC[C@@H](O)C[C@H](CCCCCCc1ccc(O)c(Cc3ccccc3)c1)OC2. The van der Waals surface area contributed by atoms with Gasteiger partial charge in [0.25, 0.3) is 0 Å². The maximum atomic E-state index is 11.5. The number of phenolic OH excluding ortho intramolecular Hbond substituents is 2. The molecule has 338 valence electrons. The van der Waals surface area contributed by atoms with Gasteiger partial charge in [-0.05, 0) is 121 Å². The fourth-order valence-electron chi connectivity index (χ4n) is 10.1. The zero-order valence-corrected chi connectivity index (χ0v) is 37.3. The van der Waals surface area contributed by atoms with Crippen LogP contribution in [0.2, 0.25) is 0 Å². The van der Waals surface area contributed by atoms with Crippen molar-refractivity contribution in [3.8, 4) is 17.2 Å². The highest BCUT2D eigenvalue weighted by atomic mass is 16.5. The van der Waals surface area contributed by atoms with Crippen molar-refractivity contribution < 1.29 is 29.5 Å². The number of aryl methyl sites for hydroxylation is 2. The van der Waals surface area contributed by atoms with E-state index in [2.05, 4.69) is 89.0 Å². The Kier molecular flexibility index (Phi) is 14.0. The van der Waals surface area contributed by atoms with Gasteiger partial charge in [0.2, 0.25) is 0 Å². The molecule has 9 rings (SSSR count). The van der Waals surface area contributed by atoms with Crippen LogP contribution in [0.3, 0.4) is 0 Å². The first-order valence-corrected chi connectivity index (χ1v) is 23.6. The Morgan fingerprint density at radius 3 is 2.38 bits per heavy atom. The van der Waals surface area contributed by atoms with E-state index in [1.54, 1.807) is 6.07 Å². The second kappa shape index (κ2) is 20.6. The molecule has 4 heterocycles. The molecule has 5 aromatic carbocycles. The summed E-state index contributed by atoms with van der Waals surface area (Å²) in [5, 5.41) is 38.7. The van der Waals surface area contributed by atoms with Gasteiger partial charge in [-0.15, -0.1) is 0 Å². The molecule has 1 saturated heterocycles. The number of unbranched alkanes of at least 4 members (excludes halogenated alkanes) is 3. The number of rotatable bonds is 11. The molecule has 3 atom stereocenters. The Hall–Kier alpha value is -5.84. The van der Waals surface area contributed by atoms with Crippen LogP contribution >= 0.6 is 0 Å². The maximum Gasteiger partial charge on any atom is 0.161 e. The highest BCUT2D eigenvalue weighted by molar-refractivity contribution is 5.88. The molecular weight excluding hydrogens is 811 g/mol. The van der Waals surface area contributed by atoms with E-state index in [-0.39, 0.29) is 30.0 Å². The quantitative estimate of drug-likeness (QED) is 0.0814. The molecule has 1 aromatic heterocycles. The van der Waals surface area contributed by atoms with Crippen LogP contribution in [0.5, 0.6) is 17.2 Å². The third-order valence-electron chi connectivity index (χ3n) is 13.7. The molecule has 0 spiro atoms. The number of benzene rings is 5. The summed E-state index contributed by atoms with van der Waals surface area (Å²) in [7, 11) is 0. The molecule has 0 aliphatic carbocycles. The lowest BCUT2D eigenvalue weighted by atomic mass is 9.68. The van der Waals surface area contributed by atoms with E-state index in [4.69, 9.17) is 19.9 Å². The third kappa shape index (κ3) is 10.7. The summed E-state index contributed by atoms with van der Waals surface area (Å²) in [6, 6.07) is 37.2. The van der Waals surface area contributed by atoms with Crippen LogP contribution in [0.1, 0.15) is 96.7 Å². The number of dihydropyridines is 1. The van der Waals surface area contributed by atoms with E-state index < -0.39 is 6.10 Å². The first kappa shape index (κ1) is 44.4.